The zero-order chi connectivity index (χ0) is 38.5. The summed E-state index contributed by atoms with van der Waals surface area (Å²) in [5.41, 5.74) is 13.0. The number of hydrogen-bond acceptors (Lipinski definition) is 3. The Morgan fingerprint density at radius 2 is 1.04 bits per heavy atom. The number of aromatic nitrogens is 6. The van der Waals surface area contributed by atoms with Crippen molar-refractivity contribution in [2.45, 2.75) is 61.2 Å². The molecule has 4 aromatic carbocycles. The SMILES string of the molecule is COc1ccc(N=c2n(CCN(CC[n+]3ccn(-c4c(C)cccc4C)c3)CC[n+]3ccn(-c4c(C)cccc4C)c3)ccn2-c2c(C)cccc2C)cc1. The smallest absolute Gasteiger partial charge is 0.249 e. The van der Waals surface area contributed by atoms with Gasteiger partial charge in [0, 0.05) is 38.6 Å². The Bertz CT molecular complexity index is 2310. The molecule has 0 aliphatic heterocycles. The second-order valence-corrected chi connectivity index (χ2v) is 14.7. The molecule has 0 saturated carbocycles. The summed E-state index contributed by atoms with van der Waals surface area (Å²) in [5, 5.41) is 0. The predicted octanol–water partition coefficient (Wildman–Crippen LogP) is 7.23. The molecule has 0 spiro atoms. The number of methoxy groups -OCH3 is 1. The Balaban J connectivity index is 1.16. The highest BCUT2D eigenvalue weighted by molar-refractivity contribution is 5.49. The van der Waals surface area contributed by atoms with Crippen molar-refractivity contribution in [2.24, 2.45) is 4.99 Å². The molecule has 9 heteroatoms. The molecule has 0 bridgehead atoms. The molecule has 0 atom stereocenters. The molecule has 0 fully saturated rings. The minimum absolute atomic E-state index is 0.787. The van der Waals surface area contributed by atoms with Gasteiger partial charge in [0.1, 0.15) is 55.0 Å². The number of hydrogen-bond donors (Lipinski definition) is 0. The Morgan fingerprint density at radius 3 is 1.51 bits per heavy atom. The van der Waals surface area contributed by atoms with Gasteiger partial charge in [-0.1, -0.05) is 54.6 Å². The Kier molecular flexibility index (Phi) is 11.3. The standard InChI is InChI=1S/C46H54N8O/c1-35-11-8-12-36(2)43(35)52-29-26-49(33-52)23-21-48(22-24-50-27-30-53(34-50)44-37(3)13-9-14-38(44)4)25-28-51-31-32-54(45-39(5)15-10-16-40(45)6)46(51)47-41-17-19-42(55-7)20-18-41/h8-20,26-27,29-34H,21-25,28H2,1-7H3/q+2. The third-order valence-corrected chi connectivity index (χ3v) is 10.6. The Morgan fingerprint density at radius 1 is 0.564 bits per heavy atom. The van der Waals surface area contributed by atoms with Crippen molar-refractivity contribution in [1.82, 2.24) is 23.2 Å². The molecular weight excluding hydrogens is 681 g/mol. The largest absolute Gasteiger partial charge is 0.497 e. The molecular formula is C46H54N8O+2. The summed E-state index contributed by atoms with van der Waals surface area (Å²) in [6, 6.07) is 27.4. The lowest BCUT2D eigenvalue weighted by molar-refractivity contribution is -0.700. The normalized spacial score (nSPS) is 11.9. The summed E-state index contributed by atoms with van der Waals surface area (Å²) < 4.78 is 19.1. The quantitative estimate of drug-likeness (QED) is 0.111. The van der Waals surface area contributed by atoms with Crippen LogP contribution in [0.3, 0.4) is 0 Å². The van der Waals surface area contributed by atoms with Crippen molar-refractivity contribution >= 4 is 5.69 Å². The molecule has 0 unspecified atom stereocenters. The van der Waals surface area contributed by atoms with Crippen LogP contribution in [0.5, 0.6) is 5.75 Å². The van der Waals surface area contributed by atoms with Crippen LogP contribution in [0.1, 0.15) is 33.4 Å². The number of benzene rings is 4. The molecule has 55 heavy (non-hydrogen) atoms. The van der Waals surface area contributed by atoms with Gasteiger partial charge in [-0.3, -0.25) is 9.47 Å². The van der Waals surface area contributed by atoms with E-state index >= 15 is 0 Å². The molecule has 0 amide bonds. The number of para-hydroxylation sites is 3. The average Bonchev–Trinajstić information content (AvgIpc) is 3.93. The van der Waals surface area contributed by atoms with E-state index in [0.717, 1.165) is 56.3 Å². The molecule has 0 aliphatic carbocycles. The third kappa shape index (κ3) is 8.42. The minimum Gasteiger partial charge on any atom is -0.497 e. The number of nitrogens with zero attached hydrogens (tertiary/aromatic N) is 8. The van der Waals surface area contributed by atoms with Gasteiger partial charge >= 0.3 is 0 Å². The molecule has 9 nitrogen and oxygen atoms in total. The van der Waals surface area contributed by atoms with Crippen molar-refractivity contribution in [3.63, 3.8) is 0 Å². The van der Waals surface area contributed by atoms with Crippen LogP contribution in [0.15, 0.2) is 134 Å². The van der Waals surface area contributed by atoms with Crippen LogP contribution >= 0.6 is 0 Å². The van der Waals surface area contributed by atoms with E-state index in [0.29, 0.717) is 0 Å². The second-order valence-electron chi connectivity index (χ2n) is 14.7. The first-order valence-corrected chi connectivity index (χ1v) is 19.2. The van der Waals surface area contributed by atoms with Crippen LogP contribution < -0.4 is 19.5 Å². The maximum Gasteiger partial charge on any atom is 0.249 e. The van der Waals surface area contributed by atoms with E-state index < -0.39 is 0 Å². The van der Waals surface area contributed by atoms with E-state index in [4.69, 9.17) is 9.73 Å². The minimum atomic E-state index is 0.787. The first kappa shape index (κ1) is 37.4. The summed E-state index contributed by atoms with van der Waals surface area (Å²) in [7, 11) is 1.69. The highest BCUT2D eigenvalue weighted by Crippen LogP contribution is 2.21. The van der Waals surface area contributed by atoms with Crippen LogP contribution in [0.25, 0.3) is 17.1 Å². The fourth-order valence-corrected chi connectivity index (χ4v) is 7.69. The number of imidazole rings is 3. The van der Waals surface area contributed by atoms with E-state index in [-0.39, 0.29) is 0 Å². The Hall–Kier alpha value is -5.93. The van der Waals surface area contributed by atoms with Gasteiger partial charge in [-0.15, -0.1) is 0 Å². The van der Waals surface area contributed by atoms with Crippen molar-refractivity contribution in [2.75, 3.05) is 26.7 Å². The molecule has 7 rings (SSSR count). The van der Waals surface area contributed by atoms with Gasteiger partial charge in [-0.2, -0.15) is 0 Å². The Labute approximate surface area is 325 Å². The van der Waals surface area contributed by atoms with E-state index in [9.17, 15) is 0 Å². The van der Waals surface area contributed by atoms with Gasteiger partial charge in [-0.25, -0.2) is 23.3 Å². The summed E-state index contributed by atoms with van der Waals surface area (Å²) in [4.78, 5) is 7.81. The zero-order valence-corrected chi connectivity index (χ0v) is 33.4. The molecule has 0 N–H and O–H groups in total. The van der Waals surface area contributed by atoms with Gasteiger partial charge in [0.25, 0.3) is 0 Å². The third-order valence-electron chi connectivity index (χ3n) is 10.6. The van der Waals surface area contributed by atoms with Crippen LogP contribution in [0.2, 0.25) is 0 Å². The van der Waals surface area contributed by atoms with E-state index in [1.54, 1.807) is 7.11 Å². The van der Waals surface area contributed by atoms with Crippen molar-refractivity contribution < 1.29 is 13.9 Å². The summed E-state index contributed by atoms with van der Waals surface area (Å²) in [6.45, 7) is 18.3. The van der Waals surface area contributed by atoms with Crippen LogP contribution in [-0.2, 0) is 19.6 Å². The zero-order valence-electron chi connectivity index (χ0n) is 33.4. The molecule has 0 radical (unpaired) electrons. The second kappa shape index (κ2) is 16.6. The van der Waals surface area contributed by atoms with Crippen molar-refractivity contribution in [3.05, 3.63) is 168 Å². The molecule has 3 heterocycles. The first-order chi connectivity index (χ1) is 26.7. The van der Waals surface area contributed by atoms with Gasteiger partial charge < -0.3 is 9.30 Å². The van der Waals surface area contributed by atoms with Crippen LogP contribution in [0.4, 0.5) is 5.69 Å². The van der Waals surface area contributed by atoms with E-state index in [1.807, 2.05) is 24.3 Å². The lowest BCUT2D eigenvalue weighted by atomic mass is 10.1. The summed E-state index contributed by atoms with van der Waals surface area (Å²) >= 11 is 0. The van der Waals surface area contributed by atoms with Crippen LogP contribution in [-0.4, -0.2) is 49.9 Å². The monoisotopic (exact) mass is 734 g/mol. The maximum absolute atomic E-state index is 5.43. The van der Waals surface area contributed by atoms with Gasteiger partial charge in [-0.05, 0) is 99.2 Å². The fourth-order valence-electron chi connectivity index (χ4n) is 7.69. The van der Waals surface area contributed by atoms with E-state index in [1.165, 1.54) is 50.4 Å². The first-order valence-electron chi connectivity index (χ1n) is 19.2. The van der Waals surface area contributed by atoms with E-state index in [2.05, 4.69) is 178 Å². The molecule has 0 aliphatic rings. The fraction of sp³-hybridized carbons (Fsp3) is 0.283. The maximum atomic E-state index is 5.43. The van der Waals surface area contributed by atoms with Crippen LogP contribution in [0, 0.1) is 41.5 Å². The number of ether oxygens (including phenoxy) is 1. The highest BCUT2D eigenvalue weighted by Gasteiger charge is 2.17. The summed E-state index contributed by atoms with van der Waals surface area (Å²) in [6.07, 6.45) is 17.5. The lowest BCUT2D eigenvalue weighted by Gasteiger charge is -2.21. The lowest BCUT2D eigenvalue weighted by Crippen LogP contribution is -2.45. The number of aryl methyl sites for hydroxylation is 6. The molecule has 3 aromatic heterocycles. The van der Waals surface area contributed by atoms with Crippen molar-refractivity contribution in [3.8, 4) is 22.8 Å². The van der Waals surface area contributed by atoms with Gasteiger partial charge in [0.15, 0.2) is 0 Å². The van der Waals surface area contributed by atoms with Gasteiger partial charge in [0.05, 0.1) is 18.5 Å². The molecule has 0 saturated heterocycles. The highest BCUT2D eigenvalue weighted by atomic mass is 16.5. The summed E-state index contributed by atoms with van der Waals surface area (Å²) in [5.74, 6) is 0.817. The molecule has 282 valence electrons. The average molecular weight is 735 g/mol. The molecule has 7 aromatic rings. The predicted molar refractivity (Wildman–Crippen MR) is 219 cm³/mol. The van der Waals surface area contributed by atoms with Crippen molar-refractivity contribution in [1.29, 1.82) is 0 Å². The number of rotatable bonds is 14. The van der Waals surface area contributed by atoms with Gasteiger partial charge in [0.2, 0.25) is 18.3 Å². The topological polar surface area (TPSA) is 52.3 Å².